The Labute approximate surface area is 170 Å². The second kappa shape index (κ2) is 9.23. The number of urea groups is 1. The average Bonchev–Trinajstić information content (AvgIpc) is 2.94. The second-order valence-electron chi connectivity index (χ2n) is 7.57. The van der Waals surface area contributed by atoms with Crippen LogP contribution in [0.25, 0.3) is 0 Å². The molecule has 2 aliphatic rings. The number of nitrogens with zero attached hydrogens (tertiary/aromatic N) is 3. The quantitative estimate of drug-likeness (QED) is 0.612. The van der Waals surface area contributed by atoms with Gasteiger partial charge in [-0.2, -0.15) is 5.01 Å². The van der Waals surface area contributed by atoms with Gasteiger partial charge in [0.1, 0.15) is 17.9 Å². The first-order chi connectivity index (χ1) is 13.9. The summed E-state index contributed by atoms with van der Waals surface area (Å²) in [6.45, 7) is 8.21. The lowest BCUT2D eigenvalue weighted by molar-refractivity contribution is -0.139. The molecule has 9 heteroatoms. The Morgan fingerprint density at radius 3 is 2.41 bits per heavy atom. The molecule has 2 heterocycles. The molecular formula is C20H29N5O4. The maximum atomic E-state index is 12.3. The molecule has 2 N–H and O–H groups in total. The summed E-state index contributed by atoms with van der Waals surface area (Å²) in [6, 6.07) is 9.13. The first-order valence-corrected chi connectivity index (χ1v) is 10.00. The minimum absolute atomic E-state index is 0.147. The molecule has 0 spiro atoms. The fourth-order valence-electron chi connectivity index (χ4n) is 3.37. The third kappa shape index (κ3) is 5.24. The molecule has 1 aromatic carbocycles. The third-order valence-corrected chi connectivity index (χ3v) is 5.46. The maximum Gasteiger partial charge on any atom is 0.344 e. The van der Waals surface area contributed by atoms with Crippen molar-refractivity contribution in [1.82, 2.24) is 25.6 Å². The SMILES string of the molecule is CCC1(C)NC(=O)N(NC(=O)CN2CCN(CCOc3ccccc3)CC2)C1=O. The van der Waals surface area contributed by atoms with E-state index in [2.05, 4.69) is 15.6 Å². The van der Waals surface area contributed by atoms with Gasteiger partial charge >= 0.3 is 6.03 Å². The zero-order chi connectivity index (χ0) is 20.9. The van der Waals surface area contributed by atoms with Crippen molar-refractivity contribution < 1.29 is 19.1 Å². The molecule has 0 bridgehead atoms. The third-order valence-electron chi connectivity index (χ3n) is 5.46. The van der Waals surface area contributed by atoms with Gasteiger partial charge in [-0.25, -0.2) is 4.79 Å². The van der Waals surface area contributed by atoms with Crippen LogP contribution in [0.1, 0.15) is 20.3 Å². The van der Waals surface area contributed by atoms with Gasteiger partial charge in [0, 0.05) is 32.7 Å². The topological polar surface area (TPSA) is 94.2 Å². The molecule has 9 nitrogen and oxygen atoms in total. The highest BCUT2D eigenvalue weighted by Gasteiger charge is 2.47. The van der Waals surface area contributed by atoms with Crippen LogP contribution in [-0.4, -0.2) is 84.1 Å². The minimum atomic E-state index is -0.961. The molecule has 1 atom stereocenters. The Morgan fingerprint density at radius 2 is 1.79 bits per heavy atom. The van der Waals surface area contributed by atoms with Crippen LogP contribution in [0.15, 0.2) is 30.3 Å². The monoisotopic (exact) mass is 403 g/mol. The number of hydrogen-bond donors (Lipinski definition) is 2. The summed E-state index contributed by atoms with van der Waals surface area (Å²) in [5.41, 5.74) is 1.48. The van der Waals surface area contributed by atoms with Crippen molar-refractivity contribution in [3.8, 4) is 5.75 Å². The van der Waals surface area contributed by atoms with E-state index >= 15 is 0 Å². The highest BCUT2D eigenvalue weighted by atomic mass is 16.5. The Bertz CT molecular complexity index is 736. The Balaban J connectivity index is 1.36. The zero-order valence-electron chi connectivity index (χ0n) is 17.0. The van der Waals surface area contributed by atoms with Crippen LogP contribution in [0.3, 0.4) is 0 Å². The lowest BCUT2D eigenvalue weighted by Crippen LogP contribution is -2.54. The van der Waals surface area contributed by atoms with Gasteiger partial charge < -0.3 is 10.1 Å². The largest absolute Gasteiger partial charge is 0.492 e. The predicted octanol–water partition coefficient (Wildman–Crippen LogP) is 0.435. The number of benzene rings is 1. The summed E-state index contributed by atoms with van der Waals surface area (Å²) in [6.07, 6.45) is 0.458. The first kappa shape index (κ1) is 21.1. The Morgan fingerprint density at radius 1 is 1.14 bits per heavy atom. The smallest absolute Gasteiger partial charge is 0.344 e. The molecule has 0 saturated carbocycles. The molecule has 2 aliphatic heterocycles. The second-order valence-corrected chi connectivity index (χ2v) is 7.57. The summed E-state index contributed by atoms with van der Waals surface area (Å²) in [7, 11) is 0. The van der Waals surface area contributed by atoms with Gasteiger partial charge in [0.25, 0.3) is 11.8 Å². The molecule has 0 aromatic heterocycles. The van der Waals surface area contributed by atoms with E-state index in [0.29, 0.717) is 13.0 Å². The van der Waals surface area contributed by atoms with Crippen molar-refractivity contribution in [2.75, 3.05) is 45.9 Å². The normalized spacial score (nSPS) is 23.2. The van der Waals surface area contributed by atoms with E-state index in [0.717, 1.165) is 43.5 Å². The molecule has 4 amide bonds. The molecule has 0 aliphatic carbocycles. The maximum absolute atomic E-state index is 12.3. The molecule has 3 rings (SSSR count). The van der Waals surface area contributed by atoms with E-state index in [1.165, 1.54) is 0 Å². The van der Waals surface area contributed by atoms with E-state index in [4.69, 9.17) is 4.74 Å². The molecule has 2 saturated heterocycles. The van der Waals surface area contributed by atoms with Crippen molar-refractivity contribution in [1.29, 1.82) is 0 Å². The van der Waals surface area contributed by atoms with Gasteiger partial charge in [-0.05, 0) is 25.5 Å². The molecule has 29 heavy (non-hydrogen) atoms. The van der Waals surface area contributed by atoms with Gasteiger partial charge in [0.05, 0.1) is 6.54 Å². The molecule has 158 valence electrons. The van der Waals surface area contributed by atoms with Gasteiger partial charge in [-0.3, -0.25) is 24.8 Å². The van der Waals surface area contributed by atoms with Crippen LogP contribution in [0.5, 0.6) is 5.75 Å². The standard InChI is InChI=1S/C20H29N5O4/c1-3-20(2)18(27)25(19(28)21-20)22-17(26)15-24-11-9-23(10-12-24)13-14-29-16-7-5-4-6-8-16/h4-8H,3,9-15H2,1-2H3,(H,21,28)(H,22,26). The van der Waals surface area contributed by atoms with E-state index in [1.807, 2.05) is 42.2 Å². The summed E-state index contributed by atoms with van der Waals surface area (Å²) < 4.78 is 5.73. The van der Waals surface area contributed by atoms with Gasteiger partial charge in [-0.15, -0.1) is 0 Å². The van der Waals surface area contributed by atoms with Crippen LogP contribution in [0.2, 0.25) is 0 Å². The van der Waals surface area contributed by atoms with Crippen LogP contribution in [0.4, 0.5) is 4.79 Å². The van der Waals surface area contributed by atoms with E-state index in [9.17, 15) is 14.4 Å². The van der Waals surface area contributed by atoms with Crippen LogP contribution < -0.4 is 15.5 Å². The van der Waals surface area contributed by atoms with Crippen LogP contribution in [0, 0.1) is 0 Å². The number of hydrazine groups is 1. The van der Waals surface area contributed by atoms with E-state index < -0.39 is 17.5 Å². The van der Waals surface area contributed by atoms with Gasteiger partial charge in [-0.1, -0.05) is 25.1 Å². The number of carbonyl (C=O) groups excluding carboxylic acids is 3. The fraction of sp³-hybridized carbons (Fsp3) is 0.550. The van der Waals surface area contributed by atoms with Crippen molar-refractivity contribution in [3.63, 3.8) is 0 Å². The summed E-state index contributed by atoms with van der Waals surface area (Å²) >= 11 is 0. The molecule has 2 fully saturated rings. The number of carbonyl (C=O) groups is 3. The Hall–Kier alpha value is -2.65. The predicted molar refractivity (Wildman–Crippen MR) is 107 cm³/mol. The van der Waals surface area contributed by atoms with Crippen molar-refractivity contribution >= 4 is 17.8 Å². The number of piperazine rings is 1. The summed E-state index contributed by atoms with van der Waals surface area (Å²) in [5, 5.41) is 3.41. The molecule has 1 aromatic rings. The number of amides is 4. The fourth-order valence-corrected chi connectivity index (χ4v) is 3.37. The summed E-state index contributed by atoms with van der Waals surface area (Å²) in [5.74, 6) is 0.0683. The number of nitrogens with one attached hydrogen (secondary N) is 2. The molecular weight excluding hydrogens is 374 g/mol. The van der Waals surface area contributed by atoms with Gasteiger partial charge in [0.2, 0.25) is 0 Å². The first-order valence-electron chi connectivity index (χ1n) is 10.00. The van der Waals surface area contributed by atoms with Crippen molar-refractivity contribution in [2.24, 2.45) is 0 Å². The zero-order valence-corrected chi connectivity index (χ0v) is 17.0. The van der Waals surface area contributed by atoms with Crippen molar-refractivity contribution in [3.05, 3.63) is 30.3 Å². The molecule has 1 unspecified atom stereocenters. The highest BCUT2D eigenvalue weighted by molar-refractivity contribution is 6.07. The van der Waals surface area contributed by atoms with E-state index in [1.54, 1.807) is 6.92 Å². The van der Waals surface area contributed by atoms with Crippen LogP contribution in [-0.2, 0) is 9.59 Å². The summed E-state index contributed by atoms with van der Waals surface area (Å²) in [4.78, 5) is 40.9. The highest BCUT2D eigenvalue weighted by Crippen LogP contribution is 2.19. The number of hydrogen-bond acceptors (Lipinski definition) is 6. The number of para-hydroxylation sites is 1. The number of imide groups is 1. The van der Waals surface area contributed by atoms with E-state index in [-0.39, 0.29) is 12.5 Å². The lowest BCUT2D eigenvalue weighted by atomic mass is 10.00. The molecule has 0 radical (unpaired) electrons. The minimum Gasteiger partial charge on any atom is -0.492 e. The number of rotatable bonds is 8. The number of ether oxygens (including phenoxy) is 1. The van der Waals surface area contributed by atoms with Gasteiger partial charge in [0.15, 0.2) is 0 Å². The average molecular weight is 403 g/mol. The lowest BCUT2D eigenvalue weighted by Gasteiger charge is -2.34. The van der Waals surface area contributed by atoms with Crippen molar-refractivity contribution in [2.45, 2.75) is 25.8 Å². The van der Waals surface area contributed by atoms with Crippen LogP contribution >= 0.6 is 0 Å². The Kier molecular flexibility index (Phi) is 6.71.